The summed E-state index contributed by atoms with van der Waals surface area (Å²) in [6.45, 7) is 0.116. The van der Waals surface area contributed by atoms with Crippen molar-refractivity contribution in [2.75, 3.05) is 13.9 Å². The van der Waals surface area contributed by atoms with Crippen LogP contribution >= 0.6 is 0 Å². The summed E-state index contributed by atoms with van der Waals surface area (Å²) >= 11 is 0. The monoisotopic (exact) mass is 402 g/mol. The number of ether oxygens (including phenoxy) is 3. The van der Waals surface area contributed by atoms with Crippen LogP contribution in [0.3, 0.4) is 0 Å². The maximum absolute atomic E-state index is 12.6. The lowest BCUT2D eigenvalue weighted by molar-refractivity contribution is -0.134. The molecule has 1 heterocycles. The molecule has 0 radical (unpaired) electrons. The van der Waals surface area contributed by atoms with Crippen LogP contribution in [0, 0.1) is 0 Å². The summed E-state index contributed by atoms with van der Waals surface area (Å²) < 4.78 is 16.3. The van der Waals surface area contributed by atoms with E-state index in [0.717, 1.165) is 0 Å². The summed E-state index contributed by atoms with van der Waals surface area (Å²) in [6, 6.07) is 19.3. The number of carboxylic acid groups (broad SMARTS) is 1. The molecule has 1 aliphatic carbocycles. The highest BCUT2D eigenvalue weighted by atomic mass is 16.7. The average Bonchev–Trinajstić information content (AvgIpc) is 3.34. The zero-order chi connectivity index (χ0) is 20.9. The molecule has 6 nitrogen and oxygen atoms in total. The summed E-state index contributed by atoms with van der Waals surface area (Å²) in [4.78, 5) is 12.6. The highest BCUT2D eigenvalue weighted by molar-refractivity contribution is 6.08. The summed E-state index contributed by atoms with van der Waals surface area (Å²) in [5, 5.41) is 22.3. The Balaban J connectivity index is 1.85. The van der Waals surface area contributed by atoms with E-state index in [2.05, 4.69) is 0 Å². The van der Waals surface area contributed by atoms with Crippen molar-refractivity contribution in [1.82, 2.24) is 0 Å². The van der Waals surface area contributed by atoms with E-state index in [1.165, 1.54) is 7.11 Å². The Bertz CT molecular complexity index is 1210. The van der Waals surface area contributed by atoms with E-state index in [4.69, 9.17) is 14.2 Å². The summed E-state index contributed by atoms with van der Waals surface area (Å²) in [5.74, 6) is 0.324. The van der Waals surface area contributed by atoms with E-state index in [1.54, 1.807) is 54.6 Å². The van der Waals surface area contributed by atoms with Gasteiger partial charge in [-0.15, -0.1) is 0 Å². The molecule has 0 fully saturated rings. The molecule has 6 heteroatoms. The Labute approximate surface area is 172 Å². The van der Waals surface area contributed by atoms with E-state index >= 15 is 0 Å². The van der Waals surface area contributed by atoms with Gasteiger partial charge in [0.1, 0.15) is 5.75 Å². The van der Waals surface area contributed by atoms with Crippen LogP contribution in [-0.4, -0.2) is 30.1 Å². The van der Waals surface area contributed by atoms with Crippen molar-refractivity contribution < 1.29 is 29.2 Å². The molecule has 0 bridgehead atoms. The third-order valence-electron chi connectivity index (χ3n) is 5.57. The number of carboxylic acids is 1. The number of rotatable bonds is 4. The van der Waals surface area contributed by atoms with Crippen molar-refractivity contribution in [2.24, 2.45) is 0 Å². The van der Waals surface area contributed by atoms with Crippen molar-refractivity contribution in [3.8, 4) is 17.2 Å². The maximum atomic E-state index is 12.6. The Morgan fingerprint density at radius 3 is 2.43 bits per heavy atom. The third-order valence-corrected chi connectivity index (χ3v) is 5.57. The van der Waals surface area contributed by atoms with Gasteiger partial charge in [0, 0.05) is 16.7 Å². The third kappa shape index (κ3) is 2.44. The van der Waals surface area contributed by atoms with Crippen molar-refractivity contribution in [3.05, 3.63) is 94.6 Å². The number of benzene rings is 3. The van der Waals surface area contributed by atoms with Crippen LogP contribution in [0.1, 0.15) is 22.3 Å². The smallest absolute Gasteiger partial charge is 0.335 e. The number of fused-ring (bicyclic) bond motifs is 2. The molecule has 1 atom stereocenters. The summed E-state index contributed by atoms with van der Waals surface area (Å²) in [5.41, 5.74) is 0.530. The molecule has 30 heavy (non-hydrogen) atoms. The van der Waals surface area contributed by atoms with Crippen LogP contribution in [0.15, 0.2) is 72.3 Å². The first-order chi connectivity index (χ1) is 14.6. The van der Waals surface area contributed by atoms with E-state index in [1.807, 2.05) is 12.1 Å². The Morgan fingerprint density at radius 1 is 0.967 bits per heavy atom. The lowest BCUT2D eigenvalue weighted by atomic mass is 9.82. The van der Waals surface area contributed by atoms with Crippen LogP contribution < -0.4 is 14.2 Å². The first-order valence-corrected chi connectivity index (χ1v) is 9.39. The lowest BCUT2D eigenvalue weighted by Gasteiger charge is -2.28. The van der Waals surface area contributed by atoms with Crippen molar-refractivity contribution in [2.45, 2.75) is 5.60 Å². The number of methoxy groups -OCH3 is 1. The number of aliphatic hydroxyl groups is 1. The Hall–Kier alpha value is -3.77. The minimum Gasteiger partial charge on any atom is -0.496 e. The second kappa shape index (κ2) is 6.64. The lowest BCUT2D eigenvalue weighted by Crippen LogP contribution is -2.32. The molecule has 2 N–H and O–H groups in total. The topological polar surface area (TPSA) is 85.2 Å². The zero-order valence-electron chi connectivity index (χ0n) is 16.1. The fourth-order valence-electron chi connectivity index (χ4n) is 4.30. The van der Waals surface area contributed by atoms with Gasteiger partial charge in [0.25, 0.3) is 0 Å². The molecular weight excluding hydrogens is 384 g/mol. The Morgan fingerprint density at radius 2 is 1.67 bits per heavy atom. The fraction of sp³-hybridized carbons (Fsp3) is 0.125. The van der Waals surface area contributed by atoms with Gasteiger partial charge in [0.2, 0.25) is 6.79 Å². The molecule has 1 unspecified atom stereocenters. The normalized spacial score (nSPS) is 19.0. The molecular formula is C24H18O6. The summed E-state index contributed by atoms with van der Waals surface area (Å²) in [6.07, 6.45) is 0. The number of aliphatic carboxylic acids is 1. The van der Waals surface area contributed by atoms with E-state index in [-0.39, 0.29) is 12.4 Å². The number of para-hydroxylation sites is 1. The van der Waals surface area contributed by atoms with Crippen molar-refractivity contribution in [1.29, 1.82) is 0 Å². The van der Waals surface area contributed by atoms with E-state index in [0.29, 0.717) is 45.1 Å². The van der Waals surface area contributed by atoms with Gasteiger partial charge in [-0.25, -0.2) is 4.79 Å². The first kappa shape index (κ1) is 18.3. The molecule has 3 aromatic carbocycles. The van der Waals surface area contributed by atoms with E-state index in [9.17, 15) is 15.0 Å². The predicted molar refractivity (Wildman–Crippen MR) is 109 cm³/mol. The molecule has 150 valence electrons. The second-order valence-corrected chi connectivity index (χ2v) is 7.08. The molecule has 3 aromatic rings. The van der Waals surface area contributed by atoms with Crippen LogP contribution in [0.5, 0.6) is 17.2 Å². The van der Waals surface area contributed by atoms with Gasteiger partial charge in [0.05, 0.1) is 12.7 Å². The van der Waals surface area contributed by atoms with Crippen LogP contribution in [0.25, 0.3) is 5.57 Å². The molecule has 0 spiro atoms. The zero-order valence-corrected chi connectivity index (χ0v) is 16.1. The predicted octanol–water partition coefficient (Wildman–Crippen LogP) is 3.56. The fourth-order valence-corrected chi connectivity index (χ4v) is 4.30. The number of carbonyl (C=O) groups is 1. The van der Waals surface area contributed by atoms with Crippen LogP contribution in [-0.2, 0) is 10.4 Å². The highest BCUT2D eigenvalue weighted by Gasteiger charge is 2.50. The standard InChI is InChI=1S/C24H18O6/c1-28-18-9-5-4-8-17(18)24(27)16-7-3-2-6-15(16)21(22(24)23(25)26)14-10-11-19-20(12-14)30-13-29-19/h2-12,27H,13H2,1H3,(H,25,26). The quantitative estimate of drug-likeness (QED) is 0.694. The molecule has 0 aromatic heterocycles. The van der Waals surface area contributed by atoms with Gasteiger partial charge in [-0.05, 0) is 29.3 Å². The van der Waals surface area contributed by atoms with Crippen molar-refractivity contribution in [3.63, 3.8) is 0 Å². The average molecular weight is 402 g/mol. The number of hydrogen-bond acceptors (Lipinski definition) is 5. The van der Waals surface area contributed by atoms with Gasteiger partial charge in [0.15, 0.2) is 17.1 Å². The van der Waals surface area contributed by atoms with Gasteiger partial charge in [-0.1, -0.05) is 48.5 Å². The molecule has 2 aliphatic rings. The molecule has 0 amide bonds. The highest BCUT2D eigenvalue weighted by Crippen LogP contribution is 2.53. The van der Waals surface area contributed by atoms with E-state index < -0.39 is 11.6 Å². The minimum absolute atomic E-state index is 0.116. The largest absolute Gasteiger partial charge is 0.496 e. The molecule has 0 saturated carbocycles. The number of hydrogen-bond donors (Lipinski definition) is 2. The summed E-state index contributed by atoms with van der Waals surface area (Å²) in [7, 11) is 1.49. The van der Waals surface area contributed by atoms with Gasteiger partial charge < -0.3 is 24.4 Å². The first-order valence-electron chi connectivity index (χ1n) is 9.39. The minimum atomic E-state index is -1.89. The van der Waals surface area contributed by atoms with Gasteiger partial charge in [-0.2, -0.15) is 0 Å². The van der Waals surface area contributed by atoms with Gasteiger partial charge >= 0.3 is 5.97 Å². The molecule has 5 rings (SSSR count). The maximum Gasteiger partial charge on any atom is 0.335 e. The molecule has 1 aliphatic heterocycles. The van der Waals surface area contributed by atoms with Crippen molar-refractivity contribution >= 4 is 11.5 Å². The second-order valence-electron chi connectivity index (χ2n) is 7.08. The SMILES string of the molecule is COc1ccccc1C1(O)C(C(=O)O)=C(c2ccc3c(c2)OCO3)c2ccccc21. The van der Waals surface area contributed by atoms with Crippen LogP contribution in [0.4, 0.5) is 0 Å². The Kier molecular flexibility index (Phi) is 4.04. The molecule has 0 saturated heterocycles. The van der Waals surface area contributed by atoms with Gasteiger partial charge in [-0.3, -0.25) is 0 Å². The van der Waals surface area contributed by atoms with Crippen LogP contribution in [0.2, 0.25) is 0 Å².